The molecule has 0 amide bonds. The van der Waals surface area contributed by atoms with E-state index >= 15 is 0 Å². The quantitative estimate of drug-likeness (QED) is 0.362. The zero-order valence-electron chi connectivity index (χ0n) is 13.5. The highest BCUT2D eigenvalue weighted by atomic mass is 16.6. The predicted octanol–water partition coefficient (Wildman–Crippen LogP) is 4.48. The molecular formula is C17H35NO. The molecule has 0 aliphatic carbocycles. The maximum Gasteiger partial charge on any atom is 0.0812 e. The third-order valence-corrected chi connectivity index (χ3v) is 4.20. The van der Waals surface area contributed by atoms with Gasteiger partial charge in [0.15, 0.2) is 0 Å². The van der Waals surface area contributed by atoms with E-state index in [0.29, 0.717) is 6.10 Å². The molecule has 0 aromatic carbocycles. The molecule has 114 valence electrons. The van der Waals surface area contributed by atoms with Gasteiger partial charge in [0.2, 0.25) is 0 Å². The molecule has 0 N–H and O–H groups in total. The Morgan fingerprint density at radius 3 is 2.21 bits per heavy atom. The van der Waals surface area contributed by atoms with Crippen LogP contribution < -0.4 is 0 Å². The fourth-order valence-electron chi connectivity index (χ4n) is 2.79. The van der Waals surface area contributed by atoms with E-state index in [1.54, 1.807) is 0 Å². The van der Waals surface area contributed by atoms with Crippen molar-refractivity contribution in [3.05, 3.63) is 0 Å². The fraction of sp³-hybridized carbons (Fsp3) is 1.00. The van der Waals surface area contributed by atoms with Gasteiger partial charge < -0.3 is 9.64 Å². The normalized spacial score (nSPS) is 19.9. The van der Waals surface area contributed by atoms with Crippen molar-refractivity contribution in [1.82, 2.24) is 4.90 Å². The molecule has 19 heavy (non-hydrogen) atoms. The Balaban J connectivity index is 1.99. The molecule has 0 saturated carbocycles. The molecule has 0 spiro atoms. The number of nitrogens with zero attached hydrogens (tertiary/aromatic N) is 1. The summed E-state index contributed by atoms with van der Waals surface area (Å²) in [7, 11) is 4.36. The molecule has 1 heterocycles. The van der Waals surface area contributed by atoms with Crippen LogP contribution in [-0.2, 0) is 4.74 Å². The molecule has 1 saturated heterocycles. The first-order valence-electron chi connectivity index (χ1n) is 8.48. The SMILES string of the molecule is CCCCCCCCCC(CCN(C)C)CC1CO1. The van der Waals surface area contributed by atoms with Crippen molar-refractivity contribution in [3.63, 3.8) is 0 Å². The molecule has 0 radical (unpaired) electrons. The van der Waals surface area contributed by atoms with Gasteiger partial charge in [-0.1, -0.05) is 58.3 Å². The molecule has 1 rings (SSSR count). The van der Waals surface area contributed by atoms with E-state index in [4.69, 9.17) is 4.74 Å². The Morgan fingerprint density at radius 2 is 1.63 bits per heavy atom. The van der Waals surface area contributed by atoms with Gasteiger partial charge >= 0.3 is 0 Å². The van der Waals surface area contributed by atoms with Crippen molar-refractivity contribution in [2.75, 3.05) is 27.2 Å². The standard InChI is InChI=1S/C17H35NO/c1-4-5-6-7-8-9-10-11-16(12-13-18(2)3)14-17-15-19-17/h16-17H,4-15H2,1-3H3. The zero-order chi connectivity index (χ0) is 13.9. The smallest absolute Gasteiger partial charge is 0.0812 e. The Labute approximate surface area is 120 Å². The summed E-state index contributed by atoms with van der Waals surface area (Å²) in [5, 5.41) is 0. The van der Waals surface area contributed by atoms with E-state index in [-0.39, 0.29) is 0 Å². The molecule has 1 aliphatic rings. The monoisotopic (exact) mass is 269 g/mol. The van der Waals surface area contributed by atoms with Crippen LogP contribution in [0.5, 0.6) is 0 Å². The van der Waals surface area contributed by atoms with E-state index in [1.807, 2.05) is 0 Å². The number of unbranched alkanes of at least 4 members (excludes halogenated alkanes) is 6. The van der Waals surface area contributed by atoms with Crippen molar-refractivity contribution in [1.29, 1.82) is 0 Å². The molecule has 0 aromatic rings. The van der Waals surface area contributed by atoms with Crippen molar-refractivity contribution >= 4 is 0 Å². The van der Waals surface area contributed by atoms with Crippen LogP contribution in [0.2, 0.25) is 0 Å². The summed E-state index contributed by atoms with van der Waals surface area (Å²) in [6.07, 6.45) is 14.7. The average molecular weight is 269 g/mol. The van der Waals surface area contributed by atoms with E-state index < -0.39 is 0 Å². The number of rotatable bonds is 13. The third kappa shape index (κ3) is 10.4. The molecule has 0 aromatic heterocycles. The lowest BCUT2D eigenvalue weighted by Gasteiger charge is -2.18. The van der Waals surface area contributed by atoms with E-state index in [1.165, 1.54) is 70.8 Å². The highest BCUT2D eigenvalue weighted by molar-refractivity contribution is 4.75. The van der Waals surface area contributed by atoms with Crippen LogP contribution >= 0.6 is 0 Å². The Bertz CT molecular complexity index is 201. The number of epoxide rings is 1. The molecule has 2 unspecified atom stereocenters. The second kappa shape index (κ2) is 10.7. The Kier molecular flexibility index (Phi) is 9.54. The third-order valence-electron chi connectivity index (χ3n) is 4.20. The first-order chi connectivity index (χ1) is 9.22. The maximum atomic E-state index is 5.40. The summed E-state index contributed by atoms with van der Waals surface area (Å²) < 4.78 is 5.40. The second-order valence-corrected chi connectivity index (χ2v) is 6.56. The summed E-state index contributed by atoms with van der Waals surface area (Å²) in [4.78, 5) is 2.31. The minimum atomic E-state index is 0.608. The largest absolute Gasteiger partial charge is 0.373 e. The highest BCUT2D eigenvalue weighted by Gasteiger charge is 2.26. The lowest BCUT2D eigenvalue weighted by molar-refractivity contribution is 0.290. The average Bonchev–Trinajstić information content (AvgIpc) is 3.18. The number of ether oxygens (including phenoxy) is 1. The van der Waals surface area contributed by atoms with Crippen molar-refractivity contribution in [2.45, 2.75) is 77.2 Å². The topological polar surface area (TPSA) is 15.8 Å². The summed E-state index contributed by atoms with van der Waals surface area (Å²) >= 11 is 0. The molecule has 1 fully saturated rings. The van der Waals surface area contributed by atoms with Crippen molar-refractivity contribution < 1.29 is 4.74 Å². The van der Waals surface area contributed by atoms with Crippen LogP contribution in [0, 0.1) is 5.92 Å². The molecular weight excluding hydrogens is 234 g/mol. The summed E-state index contributed by atoms with van der Waals surface area (Å²) in [5.41, 5.74) is 0. The summed E-state index contributed by atoms with van der Waals surface area (Å²) in [5.74, 6) is 0.894. The predicted molar refractivity (Wildman–Crippen MR) is 83.6 cm³/mol. The summed E-state index contributed by atoms with van der Waals surface area (Å²) in [6, 6.07) is 0. The summed E-state index contributed by atoms with van der Waals surface area (Å²) in [6.45, 7) is 4.54. The van der Waals surface area contributed by atoms with E-state index in [2.05, 4.69) is 25.9 Å². The van der Waals surface area contributed by atoms with Gasteiger partial charge in [-0.05, 0) is 39.4 Å². The lowest BCUT2D eigenvalue weighted by Crippen LogP contribution is -2.17. The second-order valence-electron chi connectivity index (χ2n) is 6.56. The van der Waals surface area contributed by atoms with E-state index in [0.717, 1.165) is 12.5 Å². The lowest BCUT2D eigenvalue weighted by atomic mass is 9.92. The van der Waals surface area contributed by atoms with Crippen LogP contribution in [0.4, 0.5) is 0 Å². The zero-order valence-corrected chi connectivity index (χ0v) is 13.5. The Morgan fingerprint density at radius 1 is 1.00 bits per heavy atom. The molecule has 0 bridgehead atoms. The minimum Gasteiger partial charge on any atom is -0.373 e. The first-order valence-corrected chi connectivity index (χ1v) is 8.48. The Hall–Kier alpha value is -0.0800. The minimum absolute atomic E-state index is 0.608. The van der Waals surface area contributed by atoms with Gasteiger partial charge in [0.25, 0.3) is 0 Å². The molecule has 2 heteroatoms. The van der Waals surface area contributed by atoms with Gasteiger partial charge in [-0.2, -0.15) is 0 Å². The van der Waals surface area contributed by atoms with Gasteiger partial charge in [-0.3, -0.25) is 0 Å². The van der Waals surface area contributed by atoms with Crippen LogP contribution in [-0.4, -0.2) is 38.3 Å². The van der Waals surface area contributed by atoms with E-state index in [9.17, 15) is 0 Å². The molecule has 2 atom stereocenters. The van der Waals surface area contributed by atoms with Crippen molar-refractivity contribution in [2.24, 2.45) is 5.92 Å². The van der Waals surface area contributed by atoms with Gasteiger partial charge in [0.1, 0.15) is 0 Å². The fourth-order valence-corrected chi connectivity index (χ4v) is 2.79. The highest BCUT2D eigenvalue weighted by Crippen LogP contribution is 2.26. The van der Waals surface area contributed by atoms with Crippen LogP contribution in [0.3, 0.4) is 0 Å². The van der Waals surface area contributed by atoms with Gasteiger partial charge in [0.05, 0.1) is 12.7 Å². The number of hydrogen-bond acceptors (Lipinski definition) is 2. The van der Waals surface area contributed by atoms with Crippen molar-refractivity contribution in [3.8, 4) is 0 Å². The van der Waals surface area contributed by atoms with Gasteiger partial charge in [0, 0.05) is 0 Å². The first kappa shape index (κ1) is 17.0. The molecule has 2 nitrogen and oxygen atoms in total. The van der Waals surface area contributed by atoms with Crippen LogP contribution in [0.15, 0.2) is 0 Å². The van der Waals surface area contributed by atoms with Gasteiger partial charge in [-0.25, -0.2) is 0 Å². The molecule has 1 aliphatic heterocycles. The van der Waals surface area contributed by atoms with Crippen LogP contribution in [0.1, 0.15) is 71.1 Å². The van der Waals surface area contributed by atoms with Gasteiger partial charge in [-0.15, -0.1) is 0 Å². The number of hydrogen-bond donors (Lipinski definition) is 0. The maximum absolute atomic E-state index is 5.40. The van der Waals surface area contributed by atoms with Crippen LogP contribution in [0.25, 0.3) is 0 Å².